The number of rotatable bonds is 7. The molecule has 28 heavy (non-hydrogen) atoms. The lowest BCUT2D eigenvalue weighted by Crippen LogP contribution is -2.30. The Balaban J connectivity index is 1.73. The number of likely N-dealkylation sites (N-methyl/N-ethyl adjacent to an activating group) is 1. The van der Waals surface area contributed by atoms with Crippen molar-refractivity contribution in [2.45, 2.75) is 20.8 Å². The molecule has 0 spiro atoms. The number of aromatic amines is 1. The van der Waals surface area contributed by atoms with Gasteiger partial charge < -0.3 is 15.2 Å². The molecule has 2 N–H and O–H groups in total. The first-order valence-corrected chi connectivity index (χ1v) is 9.75. The Morgan fingerprint density at radius 1 is 1.32 bits per heavy atom. The molecule has 2 aromatic heterocycles. The molecule has 0 saturated heterocycles. The van der Waals surface area contributed by atoms with Gasteiger partial charge in [-0.2, -0.15) is 0 Å². The predicted molar refractivity (Wildman–Crippen MR) is 117 cm³/mol. The fourth-order valence-corrected chi connectivity index (χ4v) is 3.28. The third-order valence-corrected chi connectivity index (χ3v) is 5.03. The summed E-state index contributed by atoms with van der Waals surface area (Å²) in [6.07, 6.45) is 9.65. The number of hydrogen-bond acceptors (Lipinski definition) is 3. The number of hydrogen-bond donors (Lipinski definition) is 2. The van der Waals surface area contributed by atoms with Gasteiger partial charge in [-0.15, -0.1) is 0 Å². The van der Waals surface area contributed by atoms with E-state index >= 15 is 0 Å². The van der Waals surface area contributed by atoms with Crippen LogP contribution >= 0.6 is 0 Å². The average molecular weight is 377 g/mol. The van der Waals surface area contributed by atoms with Gasteiger partial charge in [-0.05, 0) is 44.1 Å². The zero-order chi connectivity index (χ0) is 20.1. The zero-order valence-corrected chi connectivity index (χ0v) is 16.9. The number of aromatic nitrogens is 2. The third-order valence-electron chi connectivity index (χ3n) is 5.03. The van der Waals surface area contributed by atoms with Gasteiger partial charge >= 0.3 is 0 Å². The molecule has 1 amide bonds. The van der Waals surface area contributed by atoms with Gasteiger partial charge in [-0.3, -0.25) is 4.79 Å². The van der Waals surface area contributed by atoms with Crippen LogP contribution in [0, 0.1) is 0 Å². The molecule has 0 saturated carbocycles. The topological polar surface area (TPSA) is 61.0 Å². The molecule has 0 unspecified atom stereocenters. The molecule has 5 heteroatoms. The second kappa shape index (κ2) is 8.85. The first-order valence-electron chi connectivity index (χ1n) is 9.75. The van der Waals surface area contributed by atoms with E-state index in [4.69, 9.17) is 0 Å². The largest absolute Gasteiger partial charge is 0.339 e. The van der Waals surface area contributed by atoms with Crippen molar-refractivity contribution in [2.24, 2.45) is 0 Å². The molecule has 0 atom stereocenters. The molecule has 0 fully saturated rings. The Morgan fingerprint density at radius 2 is 2.11 bits per heavy atom. The van der Waals surface area contributed by atoms with Gasteiger partial charge in [0.2, 0.25) is 5.91 Å². The number of allylic oxidation sites excluding steroid dienone is 4. The van der Waals surface area contributed by atoms with E-state index in [0.29, 0.717) is 13.1 Å². The summed E-state index contributed by atoms with van der Waals surface area (Å²) in [4.78, 5) is 22.0. The van der Waals surface area contributed by atoms with Gasteiger partial charge in [0, 0.05) is 54.6 Å². The molecule has 1 aliphatic heterocycles. The molecule has 3 heterocycles. The molecule has 0 radical (unpaired) electrons. The summed E-state index contributed by atoms with van der Waals surface area (Å²) >= 11 is 0. The average Bonchev–Trinajstić information content (AvgIpc) is 3.37. The van der Waals surface area contributed by atoms with E-state index in [0.717, 1.165) is 46.5 Å². The zero-order valence-electron chi connectivity index (χ0n) is 16.9. The quantitative estimate of drug-likeness (QED) is 0.568. The third kappa shape index (κ3) is 4.31. The second-order valence-corrected chi connectivity index (χ2v) is 6.92. The summed E-state index contributed by atoms with van der Waals surface area (Å²) in [6, 6.07) is 4.23. The fourth-order valence-electron chi connectivity index (χ4n) is 3.28. The molecule has 0 aromatic carbocycles. The Kier molecular flexibility index (Phi) is 6.26. The number of nitrogens with one attached hydrogen (secondary N) is 2. The Hall–Kier alpha value is -2.92. The highest BCUT2D eigenvalue weighted by atomic mass is 16.2. The standard InChI is InChI=1S/C23H28N4O/c1-5-27(6-2)23(28)17(4)9-7-8-16(3)20-12-19-13-21(18-10-11-24-14-18)26-22(19)25-15-20/h7-10,12-13,15,24H,3,5-6,11,14H2,1-2,4H3,(H,25,26)/b8-7-,17-9+. The molecular weight excluding hydrogens is 348 g/mol. The number of carbonyl (C=O) groups is 1. The van der Waals surface area contributed by atoms with E-state index in [9.17, 15) is 4.79 Å². The van der Waals surface area contributed by atoms with Crippen LogP contribution in [0.3, 0.4) is 0 Å². The van der Waals surface area contributed by atoms with Crippen LogP contribution in [0.2, 0.25) is 0 Å². The van der Waals surface area contributed by atoms with Gasteiger partial charge in [0.25, 0.3) is 0 Å². The van der Waals surface area contributed by atoms with E-state index < -0.39 is 0 Å². The highest BCUT2D eigenvalue weighted by molar-refractivity contribution is 5.93. The Labute approximate surface area is 166 Å². The van der Waals surface area contributed by atoms with E-state index in [2.05, 4.69) is 40.1 Å². The number of carbonyl (C=O) groups excluding carboxylic acids is 1. The van der Waals surface area contributed by atoms with E-state index in [1.807, 2.05) is 50.1 Å². The summed E-state index contributed by atoms with van der Waals surface area (Å²) in [5.74, 6) is 0.0684. The van der Waals surface area contributed by atoms with Crippen molar-refractivity contribution in [1.29, 1.82) is 0 Å². The van der Waals surface area contributed by atoms with Crippen molar-refractivity contribution < 1.29 is 4.79 Å². The highest BCUT2D eigenvalue weighted by Gasteiger charge is 2.11. The monoisotopic (exact) mass is 376 g/mol. The highest BCUT2D eigenvalue weighted by Crippen LogP contribution is 2.24. The van der Waals surface area contributed by atoms with E-state index in [1.165, 1.54) is 5.57 Å². The first kappa shape index (κ1) is 19.8. The molecular formula is C23H28N4O. The summed E-state index contributed by atoms with van der Waals surface area (Å²) in [6.45, 7) is 13.2. The van der Waals surface area contributed by atoms with Crippen LogP contribution in [0.15, 0.2) is 54.8 Å². The van der Waals surface area contributed by atoms with Crippen molar-refractivity contribution in [2.75, 3.05) is 26.2 Å². The summed E-state index contributed by atoms with van der Waals surface area (Å²) in [7, 11) is 0. The second-order valence-electron chi connectivity index (χ2n) is 6.92. The van der Waals surface area contributed by atoms with Gasteiger partial charge in [0.1, 0.15) is 5.65 Å². The van der Waals surface area contributed by atoms with Crippen molar-refractivity contribution in [3.05, 3.63) is 66.0 Å². The van der Waals surface area contributed by atoms with Gasteiger partial charge in [-0.1, -0.05) is 30.9 Å². The van der Waals surface area contributed by atoms with Crippen LogP contribution in [-0.2, 0) is 4.79 Å². The Morgan fingerprint density at radius 3 is 2.79 bits per heavy atom. The van der Waals surface area contributed by atoms with E-state index in [1.54, 1.807) is 0 Å². The predicted octanol–water partition coefficient (Wildman–Crippen LogP) is 3.93. The van der Waals surface area contributed by atoms with Crippen molar-refractivity contribution >= 4 is 28.1 Å². The maximum absolute atomic E-state index is 12.3. The molecule has 0 aliphatic carbocycles. The number of nitrogens with zero attached hydrogens (tertiary/aromatic N) is 2. The lowest BCUT2D eigenvalue weighted by molar-refractivity contribution is -0.126. The van der Waals surface area contributed by atoms with Crippen LogP contribution in [0.25, 0.3) is 22.2 Å². The molecule has 146 valence electrons. The van der Waals surface area contributed by atoms with Crippen LogP contribution in [0.5, 0.6) is 0 Å². The molecule has 3 rings (SSSR count). The van der Waals surface area contributed by atoms with E-state index in [-0.39, 0.29) is 5.91 Å². The smallest absolute Gasteiger partial charge is 0.249 e. The van der Waals surface area contributed by atoms with Crippen LogP contribution in [-0.4, -0.2) is 47.0 Å². The lowest BCUT2D eigenvalue weighted by atomic mass is 10.1. The maximum Gasteiger partial charge on any atom is 0.249 e. The van der Waals surface area contributed by atoms with Gasteiger partial charge in [-0.25, -0.2) is 4.98 Å². The lowest BCUT2D eigenvalue weighted by Gasteiger charge is -2.18. The van der Waals surface area contributed by atoms with Crippen LogP contribution in [0.1, 0.15) is 32.0 Å². The van der Waals surface area contributed by atoms with Gasteiger partial charge in [0.15, 0.2) is 0 Å². The molecule has 0 bridgehead atoms. The molecule has 5 nitrogen and oxygen atoms in total. The SMILES string of the molecule is C=C(/C=C\C=C(/C)C(=O)N(CC)CC)c1cnc2[nH]c(C3=CCNC3)cc2c1. The number of H-pyrrole nitrogens is 1. The minimum atomic E-state index is 0.0684. The normalized spacial score (nSPS) is 14.7. The van der Waals surface area contributed by atoms with Crippen LogP contribution < -0.4 is 5.32 Å². The van der Waals surface area contributed by atoms with Crippen molar-refractivity contribution in [1.82, 2.24) is 20.2 Å². The maximum atomic E-state index is 12.3. The van der Waals surface area contributed by atoms with Crippen molar-refractivity contribution in [3.63, 3.8) is 0 Å². The fraction of sp³-hybridized carbons (Fsp3) is 0.304. The molecule has 1 aliphatic rings. The summed E-state index contributed by atoms with van der Waals surface area (Å²) in [5, 5.41) is 4.38. The minimum absolute atomic E-state index is 0.0684. The number of pyridine rings is 1. The summed E-state index contributed by atoms with van der Waals surface area (Å²) < 4.78 is 0. The van der Waals surface area contributed by atoms with Crippen molar-refractivity contribution in [3.8, 4) is 0 Å². The first-order chi connectivity index (χ1) is 13.5. The number of fused-ring (bicyclic) bond motifs is 1. The minimum Gasteiger partial charge on any atom is -0.339 e. The van der Waals surface area contributed by atoms with Gasteiger partial charge in [0.05, 0.1) is 0 Å². The number of amides is 1. The Bertz CT molecular complexity index is 974. The summed E-state index contributed by atoms with van der Waals surface area (Å²) in [5.41, 5.74) is 5.81. The molecule has 2 aromatic rings. The van der Waals surface area contributed by atoms with Crippen LogP contribution in [0.4, 0.5) is 0 Å².